The Labute approximate surface area is 103 Å². The number of carbonyl (C=O) groups is 2. The lowest BCUT2D eigenvalue weighted by Gasteiger charge is -2.20. The van der Waals surface area contributed by atoms with Gasteiger partial charge in [0.2, 0.25) is 0 Å². The van der Waals surface area contributed by atoms with E-state index >= 15 is 0 Å². The second-order valence-electron chi connectivity index (χ2n) is 4.19. The molecule has 0 N–H and O–H groups in total. The monoisotopic (exact) mass is 270 g/mol. The van der Waals surface area contributed by atoms with Gasteiger partial charge in [0, 0.05) is 0 Å². The molecule has 0 aromatic rings. The Bertz CT molecular complexity index is 297. The summed E-state index contributed by atoms with van der Waals surface area (Å²) in [4.78, 5) is 23.0. The van der Waals surface area contributed by atoms with E-state index in [4.69, 9.17) is 4.74 Å². The summed E-state index contributed by atoms with van der Waals surface area (Å²) in [6.07, 6.45) is -5.44. The lowest BCUT2D eigenvalue weighted by atomic mass is 9.88. The lowest BCUT2D eigenvalue weighted by molar-refractivity contribution is -0.162. The van der Waals surface area contributed by atoms with Gasteiger partial charge >= 0.3 is 12.1 Å². The fraction of sp³-hybridized carbons (Fsp3) is 0.818. The van der Waals surface area contributed by atoms with E-state index < -0.39 is 43.0 Å². The van der Waals surface area contributed by atoms with Gasteiger partial charge in [-0.2, -0.15) is 13.2 Å². The van der Waals surface area contributed by atoms with E-state index in [1.165, 1.54) is 13.8 Å². The van der Waals surface area contributed by atoms with Crippen molar-refractivity contribution >= 4 is 11.8 Å². The number of alkyl halides is 3. The predicted molar refractivity (Wildman–Crippen MR) is 56.9 cm³/mol. The predicted octanol–water partition coefficient (Wildman–Crippen LogP) is 2.11. The Morgan fingerprint density at radius 3 is 2.17 bits per heavy atom. The molecule has 0 aliphatic carbocycles. The number of esters is 1. The molecular formula is C11H17F3O4. The highest BCUT2D eigenvalue weighted by Crippen LogP contribution is 2.21. The first-order chi connectivity index (χ1) is 8.11. The molecule has 0 aromatic heterocycles. The van der Waals surface area contributed by atoms with Crippen LogP contribution in [0.1, 0.15) is 27.2 Å². The minimum Gasteiger partial charge on any atom is -0.465 e. The van der Waals surface area contributed by atoms with Crippen molar-refractivity contribution in [1.29, 1.82) is 0 Å². The zero-order chi connectivity index (χ0) is 14.4. The normalized spacial score (nSPS) is 12.3. The number of ether oxygens (including phenoxy) is 2. The second-order valence-corrected chi connectivity index (χ2v) is 4.19. The highest BCUT2D eigenvalue weighted by molar-refractivity contribution is 6.03. The van der Waals surface area contributed by atoms with Gasteiger partial charge in [0.05, 0.1) is 19.6 Å². The molecule has 106 valence electrons. The SMILES string of the molecule is CCOC(=O)C(C)(C)C(=O)COCCC(F)(F)F. The first-order valence-corrected chi connectivity index (χ1v) is 5.46. The molecule has 0 aliphatic rings. The van der Waals surface area contributed by atoms with E-state index in [0.717, 1.165) is 0 Å². The van der Waals surface area contributed by atoms with Crippen molar-refractivity contribution in [3.8, 4) is 0 Å². The number of rotatable bonds is 7. The topological polar surface area (TPSA) is 52.6 Å². The third-order valence-corrected chi connectivity index (χ3v) is 2.25. The van der Waals surface area contributed by atoms with Crippen LogP contribution in [0.5, 0.6) is 0 Å². The van der Waals surface area contributed by atoms with Gasteiger partial charge in [0.1, 0.15) is 12.0 Å². The van der Waals surface area contributed by atoms with Crippen molar-refractivity contribution in [3.05, 3.63) is 0 Å². The molecule has 0 saturated heterocycles. The molecular weight excluding hydrogens is 253 g/mol. The van der Waals surface area contributed by atoms with Gasteiger partial charge in [0.25, 0.3) is 0 Å². The molecule has 0 atom stereocenters. The number of hydrogen-bond acceptors (Lipinski definition) is 4. The Morgan fingerprint density at radius 2 is 1.72 bits per heavy atom. The number of ketones is 1. The van der Waals surface area contributed by atoms with Crippen LogP contribution in [0.25, 0.3) is 0 Å². The molecule has 0 saturated carbocycles. The summed E-state index contributed by atoms with van der Waals surface area (Å²) in [5.74, 6) is -1.32. The molecule has 0 heterocycles. The summed E-state index contributed by atoms with van der Waals surface area (Å²) in [5, 5.41) is 0. The lowest BCUT2D eigenvalue weighted by Crippen LogP contribution is -2.37. The zero-order valence-electron chi connectivity index (χ0n) is 10.6. The van der Waals surface area contributed by atoms with Crippen LogP contribution in [0.4, 0.5) is 13.2 Å². The van der Waals surface area contributed by atoms with E-state index in [1.54, 1.807) is 6.92 Å². The summed E-state index contributed by atoms with van der Waals surface area (Å²) in [6.45, 7) is 3.28. The Kier molecular flexibility index (Phi) is 6.31. The van der Waals surface area contributed by atoms with Gasteiger partial charge in [-0.15, -0.1) is 0 Å². The summed E-state index contributed by atoms with van der Waals surface area (Å²) in [7, 11) is 0. The van der Waals surface area contributed by atoms with Crippen molar-refractivity contribution in [2.45, 2.75) is 33.4 Å². The number of Topliss-reactive ketones (excluding diaryl/α,β-unsaturated/α-hetero) is 1. The van der Waals surface area contributed by atoms with Crippen LogP contribution in [0, 0.1) is 5.41 Å². The molecule has 0 aliphatic heterocycles. The molecule has 0 unspecified atom stereocenters. The van der Waals surface area contributed by atoms with Crippen LogP contribution < -0.4 is 0 Å². The molecule has 0 aromatic carbocycles. The Balaban J connectivity index is 4.12. The quantitative estimate of drug-likeness (QED) is 0.404. The van der Waals surface area contributed by atoms with E-state index in [0.29, 0.717) is 0 Å². The van der Waals surface area contributed by atoms with E-state index in [-0.39, 0.29) is 6.61 Å². The minimum atomic E-state index is -4.32. The van der Waals surface area contributed by atoms with E-state index in [1.807, 2.05) is 0 Å². The summed E-state index contributed by atoms with van der Waals surface area (Å²) in [5.41, 5.74) is -1.41. The van der Waals surface area contributed by atoms with Crippen LogP contribution in [0.15, 0.2) is 0 Å². The maximum absolute atomic E-state index is 11.8. The summed E-state index contributed by atoms with van der Waals surface area (Å²) >= 11 is 0. The summed E-state index contributed by atoms with van der Waals surface area (Å²) < 4.78 is 44.7. The van der Waals surface area contributed by atoms with Gasteiger partial charge in [0.15, 0.2) is 5.78 Å². The van der Waals surface area contributed by atoms with Crippen LogP contribution in [-0.4, -0.2) is 37.7 Å². The van der Waals surface area contributed by atoms with Crippen molar-refractivity contribution in [2.24, 2.45) is 5.41 Å². The van der Waals surface area contributed by atoms with Crippen LogP contribution >= 0.6 is 0 Å². The Morgan fingerprint density at radius 1 is 1.17 bits per heavy atom. The highest BCUT2D eigenvalue weighted by atomic mass is 19.4. The molecule has 0 amide bonds. The van der Waals surface area contributed by atoms with Gasteiger partial charge in [-0.25, -0.2) is 0 Å². The van der Waals surface area contributed by atoms with Crippen molar-refractivity contribution in [1.82, 2.24) is 0 Å². The average molecular weight is 270 g/mol. The maximum Gasteiger partial charge on any atom is 0.391 e. The number of halogens is 3. The van der Waals surface area contributed by atoms with Gasteiger partial charge < -0.3 is 9.47 Å². The first-order valence-electron chi connectivity index (χ1n) is 5.46. The van der Waals surface area contributed by atoms with Gasteiger partial charge in [-0.05, 0) is 20.8 Å². The zero-order valence-corrected chi connectivity index (χ0v) is 10.6. The maximum atomic E-state index is 11.8. The van der Waals surface area contributed by atoms with Crippen molar-refractivity contribution in [2.75, 3.05) is 19.8 Å². The minimum absolute atomic E-state index is 0.129. The van der Waals surface area contributed by atoms with E-state index in [9.17, 15) is 22.8 Å². The average Bonchev–Trinajstić information content (AvgIpc) is 2.22. The van der Waals surface area contributed by atoms with Gasteiger partial charge in [-0.3, -0.25) is 9.59 Å². The number of hydrogen-bond donors (Lipinski definition) is 0. The molecule has 0 spiro atoms. The third kappa shape index (κ3) is 6.00. The largest absolute Gasteiger partial charge is 0.465 e. The molecule has 18 heavy (non-hydrogen) atoms. The van der Waals surface area contributed by atoms with Crippen molar-refractivity contribution in [3.63, 3.8) is 0 Å². The van der Waals surface area contributed by atoms with Crippen molar-refractivity contribution < 1.29 is 32.2 Å². The molecule has 0 bridgehead atoms. The molecule has 0 fully saturated rings. The van der Waals surface area contributed by atoms with Crippen LogP contribution in [-0.2, 0) is 19.1 Å². The standard InChI is InChI=1S/C11H17F3O4/c1-4-18-9(16)10(2,3)8(15)7-17-6-5-11(12,13)14/h4-7H2,1-3H3. The fourth-order valence-corrected chi connectivity index (χ4v) is 0.959. The molecule has 0 radical (unpaired) electrons. The Hall–Kier alpha value is -1.11. The molecule has 0 rings (SSSR count). The van der Waals surface area contributed by atoms with Gasteiger partial charge in [-0.1, -0.05) is 0 Å². The second kappa shape index (κ2) is 6.72. The van der Waals surface area contributed by atoms with Crippen LogP contribution in [0.3, 0.4) is 0 Å². The smallest absolute Gasteiger partial charge is 0.391 e. The van der Waals surface area contributed by atoms with Crippen LogP contribution in [0.2, 0.25) is 0 Å². The highest BCUT2D eigenvalue weighted by Gasteiger charge is 2.37. The molecule has 7 heteroatoms. The fourth-order valence-electron chi connectivity index (χ4n) is 0.959. The summed E-state index contributed by atoms with van der Waals surface area (Å²) in [6, 6.07) is 0. The van der Waals surface area contributed by atoms with E-state index in [2.05, 4.69) is 4.74 Å². The third-order valence-electron chi connectivity index (χ3n) is 2.25. The number of carbonyl (C=O) groups excluding carboxylic acids is 2. The first kappa shape index (κ1) is 16.9. The molecule has 4 nitrogen and oxygen atoms in total.